The first-order valence-corrected chi connectivity index (χ1v) is 8.52. The predicted molar refractivity (Wildman–Crippen MR) is 103 cm³/mol. The molecule has 0 saturated carbocycles. The van der Waals surface area contributed by atoms with E-state index in [1.54, 1.807) is 7.11 Å². The van der Waals surface area contributed by atoms with E-state index in [-0.39, 0.29) is 11.9 Å². The summed E-state index contributed by atoms with van der Waals surface area (Å²) in [5.41, 5.74) is 1.63. The van der Waals surface area contributed by atoms with Crippen molar-refractivity contribution in [2.75, 3.05) is 7.11 Å². The van der Waals surface area contributed by atoms with Gasteiger partial charge in [-0.3, -0.25) is 4.79 Å². The molecule has 0 aliphatic heterocycles. The van der Waals surface area contributed by atoms with Crippen molar-refractivity contribution in [3.05, 3.63) is 78.1 Å². The van der Waals surface area contributed by atoms with Crippen LogP contribution in [0.25, 0.3) is 21.7 Å². The summed E-state index contributed by atoms with van der Waals surface area (Å²) >= 11 is 0. The monoisotopic (exact) mass is 345 g/mol. The molecular formula is C22H19NO3. The molecule has 3 aromatic carbocycles. The molecule has 26 heavy (non-hydrogen) atoms. The zero-order valence-corrected chi connectivity index (χ0v) is 14.7. The Morgan fingerprint density at radius 1 is 1.00 bits per heavy atom. The molecule has 4 aromatic rings. The van der Waals surface area contributed by atoms with E-state index in [2.05, 4.69) is 5.32 Å². The van der Waals surface area contributed by atoms with E-state index in [0.29, 0.717) is 11.3 Å². The number of fused-ring (bicyclic) bond motifs is 3. The summed E-state index contributed by atoms with van der Waals surface area (Å²) in [6.07, 6.45) is 0. The van der Waals surface area contributed by atoms with Gasteiger partial charge in [0.05, 0.1) is 13.2 Å². The van der Waals surface area contributed by atoms with Crippen molar-refractivity contribution in [1.82, 2.24) is 5.32 Å². The Morgan fingerprint density at radius 2 is 1.77 bits per heavy atom. The van der Waals surface area contributed by atoms with E-state index >= 15 is 0 Å². The fourth-order valence-electron chi connectivity index (χ4n) is 3.27. The standard InChI is InChI=1S/C22H19NO3/c1-14(16-8-5-6-10-19(16)25-2)23-22(24)21-13-18-17-9-4-3-7-15(17)11-12-20(18)26-21/h3-14H,1-2H3,(H,23,24). The van der Waals surface area contributed by atoms with Crippen LogP contribution in [0.15, 0.2) is 71.1 Å². The lowest BCUT2D eigenvalue weighted by Crippen LogP contribution is -2.26. The van der Waals surface area contributed by atoms with E-state index in [4.69, 9.17) is 9.15 Å². The smallest absolute Gasteiger partial charge is 0.287 e. The largest absolute Gasteiger partial charge is 0.496 e. The minimum Gasteiger partial charge on any atom is -0.496 e. The third kappa shape index (κ3) is 2.80. The predicted octanol–water partition coefficient (Wildman–Crippen LogP) is 5.09. The maximum Gasteiger partial charge on any atom is 0.287 e. The highest BCUT2D eigenvalue weighted by Gasteiger charge is 2.18. The van der Waals surface area contributed by atoms with Crippen molar-refractivity contribution in [1.29, 1.82) is 0 Å². The number of hydrogen-bond donors (Lipinski definition) is 1. The Kier molecular flexibility index (Phi) is 4.09. The second-order valence-electron chi connectivity index (χ2n) is 6.25. The van der Waals surface area contributed by atoms with Gasteiger partial charge in [0.15, 0.2) is 5.76 Å². The fourth-order valence-corrected chi connectivity index (χ4v) is 3.27. The van der Waals surface area contributed by atoms with Crippen molar-refractivity contribution in [2.45, 2.75) is 13.0 Å². The molecule has 1 heterocycles. The molecule has 0 aliphatic rings. The van der Waals surface area contributed by atoms with Crippen LogP contribution in [-0.2, 0) is 0 Å². The van der Waals surface area contributed by atoms with Gasteiger partial charge in [-0.25, -0.2) is 0 Å². The SMILES string of the molecule is COc1ccccc1C(C)NC(=O)c1cc2c(ccc3ccccc32)o1. The van der Waals surface area contributed by atoms with Crippen LogP contribution in [0.2, 0.25) is 0 Å². The van der Waals surface area contributed by atoms with E-state index < -0.39 is 0 Å². The molecule has 4 rings (SSSR count). The average Bonchev–Trinajstić information content (AvgIpc) is 3.13. The molecule has 1 atom stereocenters. The molecule has 4 nitrogen and oxygen atoms in total. The van der Waals surface area contributed by atoms with Gasteiger partial charge in [-0.15, -0.1) is 0 Å². The van der Waals surface area contributed by atoms with Crippen LogP contribution in [0.1, 0.15) is 29.1 Å². The number of nitrogens with one attached hydrogen (secondary N) is 1. The molecule has 4 heteroatoms. The summed E-state index contributed by atoms with van der Waals surface area (Å²) < 4.78 is 11.2. The van der Waals surface area contributed by atoms with Crippen LogP contribution in [-0.4, -0.2) is 13.0 Å². The highest BCUT2D eigenvalue weighted by molar-refractivity contribution is 6.08. The minimum absolute atomic E-state index is 0.205. The van der Waals surface area contributed by atoms with Crippen molar-refractivity contribution in [3.63, 3.8) is 0 Å². The molecule has 0 fully saturated rings. The van der Waals surface area contributed by atoms with E-state index in [1.165, 1.54) is 0 Å². The summed E-state index contributed by atoms with van der Waals surface area (Å²) in [7, 11) is 1.62. The van der Waals surface area contributed by atoms with Crippen molar-refractivity contribution >= 4 is 27.6 Å². The van der Waals surface area contributed by atoms with Gasteiger partial charge >= 0.3 is 0 Å². The van der Waals surface area contributed by atoms with Crippen molar-refractivity contribution < 1.29 is 13.9 Å². The van der Waals surface area contributed by atoms with Crippen LogP contribution >= 0.6 is 0 Å². The molecule has 0 bridgehead atoms. The van der Waals surface area contributed by atoms with Gasteiger partial charge in [-0.1, -0.05) is 48.5 Å². The molecular weight excluding hydrogens is 326 g/mol. The number of carbonyl (C=O) groups is 1. The van der Waals surface area contributed by atoms with E-state index in [9.17, 15) is 4.79 Å². The second kappa shape index (κ2) is 6.56. The van der Waals surface area contributed by atoms with Gasteiger partial charge in [-0.05, 0) is 35.9 Å². The molecule has 1 unspecified atom stereocenters. The van der Waals surface area contributed by atoms with Gasteiger partial charge in [0.25, 0.3) is 5.91 Å². The maximum atomic E-state index is 12.7. The molecule has 1 N–H and O–H groups in total. The third-order valence-electron chi connectivity index (χ3n) is 4.60. The van der Waals surface area contributed by atoms with Gasteiger partial charge in [0.1, 0.15) is 11.3 Å². The highest BCUT2D eigenvalue weighted by Crippen LogP contribution is 2.29. The number of rotatable bonds is 4. The summed E-state index contributed by atoms with van der Waals surface area (Å²) in [6.45, 7) is 1.92. The van der Waals surface area contributed by atoms with Gasteiger partial charge in [0, 0.05) is 10.9 Å². The topological polar surface area (TPSA) is 51.5 Å². The lowest BCUT2D eigenvalue weighted by Gasteiger charge is -2.16. The second-order valence-corrected chi connectivity index (χ2v) is 6.25. The van der Waals surface area contributed by atoms with Crippen LogP contribution in [0.4, 0.5) is 0 Å². The number of methoxy groups -OCH3 is 1. The number of benzene rings is 3. The number of hydrogen-bond acceptors (Lipinski definition) is 3. The number of carbonyl (C=O) groups excluding carboxylic acids is 1. The molecule has 1 aromatic heterocycles. The normalized spacial score (nSPS) is 12.2. The molecule has 0 radical (unpaired) electrons. The molecule has 0 saturated heterocycles. The van der Waals surface area contributed by atoms with E-state index in [1.807, 2.05) is 73.7 Å². The summed E-state index contributed by atoms with van der Waals surface area (Å²) in [5, 5.41) is 6.12. The highest BCUT2D eigenvalue weighted by atomic mass is 16.5. The van der Waals surface area contributed by atoms with Crippen LogP contribution in [0.5, 0.6) is 5.75 Å². The molecule has 1 amide bonds. The summed E-state index contributed by atoms with van der Waals surface area (Å²) in [4.78, 5) is 12.7. The van der Waals surface area contributed by atoms with Crippen LogP contribution < -0.4 is 10.1 Å². The first-order chi connectivity index (χ1) is 12.7. The lowest BCUT2D eigenvalue weighted by molar-refractivity contribution is 0.0913. The minimum atomic E-state index is -0.247. The molecule has 0 spiro atoms. The first kappa shape index (κ1) is 16.2. The number of furan rings is 1. The van der Waals surface area contributed by atoms with Crippen LogP contribution in [0.3, 0.4) is 0 Å². The van der Waals surface area contributed by atoms with Gasteiger partial charge in [-0.2, -0.15) is 0 Å². The molecule has 130 valence electrons. The Balaban J connectivity index is 1.65. The third-order valence-corrected chi connectivity index (χ3v) is 4.60. The van der Waals surface area contributed by atoms with Crippen LogP contribution in [0, 0.1) is 0 Å². The molecule has 0 aliphatic carbocycles. The Hall–Kier alpha value is -3.27. The number of ether oxygens (including phenoxy) is 1. The first-order valence-electron chi connectivity index (χ1n) is 8.52. The lowest BCUT2D eigenvalue weighted by atomic mass is 10.1. The zero-order chi connectivity index (χ0) is 18.1. The average molecular weight is 345 g/mol. The zero-order valence-electron chi connectivity index (χ0n) is 14.7. The summed E-state index contributed by atoms with van der Waals surface area (Å²) in [6, 6.07) is 21.2. The van der Waals surface area contributed by atoms with Crippen molar-refractivity contribution in [3.8, 4) is 5.75 Å². The van der Waals surface area contributed by atoms with Crippen molar-refractivity contribution in [2.24, 2.45) is 0 Å². The van der Waals surface area contributed by atoms with E-state index in [0.717, 1.165) is 27.5 Å². The quantitative estimate of drug-likeness (QED) is 0.561. The van der Waals surface area contributed by atoms with Gasteiger partial charge in [0.2, 0.25) is 0 Å². The number of amides is 1. The summed E-state index contributed by atoms with van der Waals surface area (Å²) in [5.74, 6) is 0.803. The number of para-hydroxylation sites is 1. The Labute approximate surface area is 151 Å². The maximum absolute atomic E-state index is 12.7. The fraction of sp³-hybridized carbons (Fsp3) is 0.136. The Bertz CT molecular complexity index is 1100. The van der Waals surface area contributed by atoms with Gasteiger partial charge < -0.3 is 14.5 Å². The Morgan fingerprint density at radius 3 is 2.62 bits per heavy atom.